The van der Waals surface area contributed by atoms with E-state index in [0.29, 0.717) is 28.5 Å². The van der Waals surface area contributed by atoms with Gasteiger partial charge in [0.05, 0.1) is 20.1 Å². The summed E-state index contributed by atoms with van der Waals surface area (Å²) < 4.78 is 10.8. The molecule has 0 heterocycles. The molecule has 2 N–H and O–H groups in total. The van der Waals surface area contributed by atoms with Gasteiger partial charge < -0.3 is 9.47 Å². The molecule has 2 aromatic rings. The average molecular weight is 419 g/mol. The SMILES string of the molecule is COc1cc(C(C)=O)ccc1OCCCC(=O)NNC(=O)Cc1ccc(Cl)cc1. The number of rotatable bonds is 9. The zero-order chi connectivity index (χ0) is 21.2. The van der Waals surface area contributed by atoms with E-state index in [1.165, 1.54) is 14.0 Å². The molecule has 2 aromatic carbocycles. The third-order valence-corrected chi connectivity index (χ3v) is 4.25. The predicted molar refractivity (Wildman–Crippen MR) is 109 cm³/mol. The van der Waals surface area contributed by atoms with Crippen molar-refractivity contribution in [2.75, 3.05) is 13.7 Å². The molecule has 0 fully saturated rings. The number of Topliss-reactive ketones (excluding diaryl/α,β-unsaturated/α-hetero) is 1. The number of carbonyl (C=O) groups excluding carboxylic acids is 3. The van der Waals surface area contributed by atoms with E-state index in [-0.39, 0.29) is 37.0 Å². The number of amides is 2. The Morgan fingerprint density at radius 2 is 1.66 bits per heavy atom. The summed E-state index contributed by atoms with van der Waals surface area (Å²) in [5, 5.41) is 0.595. The molecule has 0 unspecified atom stereocenters. The molecule has 0 atom stereocenters. The number of hydrogen-bond acceptors (Lipinski definition) is 5. The van der Waals surface area contributed by atoms with Crippen LogP contribution in [0.2, 0.25) is 5.02 Å². The number of hydrazine groups is 1. The molecule has 0 aliphatic heterocycles. The summed E-state index contributed by atoms with van der Waals surface area (Å²) in [6, 6.07) is 11.8. The topological polar surface area (TPSA) is 93.7 Å². The van der Waals surface area contributed by atoms with Crippen molar-refractivity contribution < 1.29 is 23.9 Å². The van der Waals surface area contributed by atoms with Crippen LogP contribution >= 0.6 is 11.6 Å². The second-order valence-corrected chi connectivity index (χ2v) is 6.71. The predicted octanol–water partition coefficient (Wildman–Crippen LogP) is 3.10. The van der Waals surface area contributed by atoms with Gasteiger partial charge in [0.2, 0.25) is 11.8 Å². The van der Waals surface area contributed by atoms with E-state index >= 15 is 0 Å². The molecule has 0 saturated carbocycles. The number of nitrogens with one attached hydrogen (secondary N) is 2. The molecule has 8 heteroatoms. The van der Waals surface area contributed by atoms with Crippen molar-refractivity contribution in [2.45, 2.75) is 26.2 Å². The second-order valence-electron chi connectivity index (χ2n) is 6.27. The molecular weight excluding hydrogens is 396 g/mol. The van der Waals surface area contributed by atoms with Gasteiger partial charge in [0.25, 0.3) is 0 Å². The Hall–Kier alpha value is -3.06. The van der Waals surface area contributed by atoms with Gasteiger partial charge in [-0.1, -0.05) is 23.7 Å². The van der Waals surface area contributed by atoms with Gasteiger partial charge in [-0.05, 0) is 49.2 Å². The van der Waals surface area contributed by atoms with Crippen LogP contribution in [0.3, 0.4) is 0 Å². The fourth-order valence-electron chi connectivity index (χ4n) is 2.45. The molecule has 29 heavy (non-hydrogen) atoms. The van der Waals surface area contributed by atoms with E-state index < -0.39 is 0 Å². The molecular formula is C21H23ClN2O5. The van der Waals surface area contributed by atoms with Crippen molar-refractivity contribution in [3.63, 3.8) is 0 Å². The monoisotopic (exact) mass is 418 g/mol. The highest BCUT2D eigenvalue weighted by atomic mass is 35.5. The molecule has 0 aliphatic carbocycles. The van der Waals surface area contributed by atoms with Crippen molar-refractivity contribution in [2.24, 2.45) is 0 Å². The molecule has 0 aliphatic rings. The Labute approximate surface area is 174 Å². The number of ether oxygens (including phenoxy) is 2. The number of carbonyl (C=O) groups is 3. The van der Waals surface area contributed by atoms with E-state index in [4.69, 9.17) is 21.1 Å². The van der Waals surface area contributed by atoms with E-state index in [2.05, 4.69) is 10.9 Å². The van der Waals surface area contributed by atoms with Gasteiger partial charge in [-0.3, -0.25) is 25.2 Å². The number of ketones is 1. The van der Waals surface area contributed by atoms with Crippen LogP contribution in [0.5, 0.6) is 11.5 Å². The maximum Gasteiger partial charge on any atom is 0.242 e. The lowest BCUT2D eigenvalue weighted by Crippen LogP contribution is -2.42. The summed E-state index contributed by atoms with van der Waals surface area (Å²) in [7, 11) is 1.49. The van der Waals surface area contributed by atoms with Crippen LogP contribution in [-0.4, -0.2) is 31.3 Å². The van der Waals surface area contributed by atoms with Crippen LogP contribution in [0.25, 0.3) is 0 Å². The van der Waals surface area contributed by atoms with Crippen LogP contribution in [-0.2, 0) is 16.0 Å². The van der Waals surface area contributed by atoms with Gasteiger partial charge in [0, 0.05) is 17.0 Å². The number of benzene rings is 2. The highest BCUT2D eigenvalue weighted by molar-refractivity contribution is 6.30. The summed E-state index contributed by atoms with van der Waals surface area (Å²) >= 11 is 5.80. The zero-order valence-corrected chi connectivity index (χ0v) is 17.0. The fourth-order valence-corrected chi connectivity index (χ4v) is 2.58. The first-order valence-electron chi connectivity index (χ1n) is 9.03. The Morgan fingerprint density at radius 1 is 0.966 bits per heavy atom. The molecule has 154 valence electrons. The molecule has 0 saturated heterocycles. The van der Waals surface area contributed by atoms with Crippen LogP contribution in [0.4, 0.5) is 0 Å². The lowest BCUT2D eigenvalue weighted by atomic mass is 10.1. The first-order valence-corrected chi connectivity index (χ1v) is 9.40. The van der Waals surface area contributed by atoms with E-state index in [9.17, 15) is 14.4 Å². The molecule has 0 radical (unpaired) electrons. The summed E-state index contributed by atoms with van der Waals surface area (Å²) in [5.74, 6) is 0.236. The number of hydrogen-bond donors (Lipinski definition) is 2. The Kier molecular flexibility index (Phi) is 8.48. The van der Waals surface area contributed by atoms with Crippen molar-refractivity contribution >= 4 is 29.2 Å². The molecule has 2 rings (SSSR count). The minimum Gasteiger partial charge on any atom is -0.493 e. The van der Waals surface area contributed by atoms with Crippen LogP contribution in [0, 0.1) is 0 Å². The van der Waals surface area contributed by atoms with E-state index in [1.54, 1.807) is 42.5 Å². The average Bonchev–Trinajstić information content (AvgIpc) is 2.71. The molecule has 2 amide bonds. The highest BCUT2D eigenvalue weighted by Crippen LogP contribution is 2.28. The van der Waals surface area contributed by atoms with Gasteiger partial charge in [0.1, 0.15) is 0 Å². The largest absolute Gasteiger partial charge is 0.493 e. The summed E-state index contributed by atoms with van der Waals surface area (Å²) in [5.41, 5.74) is 6.07. The zero-order valence-electron chi connectivity index (χ0n) is 16.3. The van der Waals surface area contributed by atoms with Gasteiger partial charge in [-0.15, -0.1) is 0 Å². The van der Waals surface area contributed by atoms with E-state index in [1.807, 2.05) is 0 Å². The standard InChI is InChI=1S/C21H23ClN2O5/c1-14(25)16-7-10-18(19(13-16)28-2)29-11-3-4-20(26)23-24-21(27)12-15-5-8-17(22)9-6-15/h5-10,13H,3-4,11-12H2,1-2H3,(H,23,26)(H,24,27). The second kappa shape index (κ2) is 11.1. The van der Waals surface area contributed by atoms with Crippen LogP contribution in [0.1, 0.15) is 35.7 Å². The van der Waals surface area contributed by atoms with Crippen molar-refractivity contribution in [1.29, 1.82) is 0 Å². The first-order chi connectivity index (χ1) is 13.9. The third-order valence-electron chi connectivity index (χ3n) is 4.00. The summed E-state index contributed by atoms with van der Waals surface area (Å²) in [6.07, 6.45) is 0.752. The summed E-state index contributed by atoms with van der Waals surface area (Å²) in [4.78, 5) is 35.1. The molecule has 0 bridgehead atoms. The molecule has 0 aromatic heterocycles. The van der Waals surface area contributed by atoms with Crippen LogP contribution in [0.15, 0.2) is 42.5 Å². The maximum atomic E-state index is 11.8. The normalized spacial score (nSPS) is 10.2. The minimum atomic E-state index is -0.327. The molecule has 7 nitrogen and oxygen atoms in total. The van der Waals surface area contributed by atoms with Gasteiger partial charge in [-0.2, -0.15) is 0 Å². The third kappa shape index (κ3) is 7.46. The van der Waals surface area contributed by atoms with Gasteiger partial charge >= 0.3 is 0 Å². The Bertz CT molecular complexity index is 868. The quantitative estimate of drug-likeness (QED) is 0.371. The van der Waals surface area contributed by atoms with Crippen molar-refractivity contribution in [1.82, 2.24) is 10.9 Å². The van der Waals surface area contributed by atoms with Crippen molar-refractivity contribution in [3.8, 4) is 11.5 Å². The van der Waals surface area contributed by atoms with Gasteiger partial charge in [-0.25, -0.2) is 0 Å². The highest BCUT2D eigenvalue weighted by Gasteiger charge is 2.09. The van der Waals surface area contributed by atoms with Crippen LogP contribution < -0.4 is 20.3 Å². The first kappa shape index (κ1) is 22.2. The minimum absolute atomic E-state index is 0.0652. The Morgan fingerprint density at radius 3 is 2.31 bits per heavy atom. The van der Waals surface area contributed by atoms with Crippen molar-refractivity contribution in [3.05, 3.63) is 58.6 Å². The molecule has 0 spiro atoms. The summed E-state index contributed by atoms with van der Waals surface area (Å²) in [6.45, 7) is 1.75. The van der Waals surface area contributed by atoms with Gasteiger partial charge in [0.15, 0.2) is 17.3 Å². The Balaban J connectivity index is 1.68. The maximum absolute atomic E-state index is 11.8. The lowest BCUT2D eigenvalue weighted by Gasteiger charge is -2.12. The van der Waals surface area contributed by atoms with E-state index in [0.717, 1.165) is 5.56 Å². The lowest BCUT2D eigenvalue weighted by molar-refractivity contribution is -0.128. The smallest absolute Gasteiger partial charge is 0.242 e. The number of halogens is 1. The number of methoxy groups -OCH3 is 1. The fraction of sp³-hybridized carbons (Fsp3) is 0.286.